The molecule has 3 atom stereocenters. The smallest absolute Gasteiger partial charge is 0.0434 e. The number of nitrogens with two attached hydrogens (primary N) is 1. The number of rotatable bonds is 4. The first-order chi connectivity index (χ1) is 8.53. The summed E-state index contributed by atoms with van der Waals surface area (Å²) in [6.07, 6.45) is 6.13. The molecule has 0 radical (unpaired) electrons. The van der Waals surface area contributed by atoms with Gasteiger partial charge in [0, 0.05) is 25.7 Å². The van der Waals surface area contributed by atoms with E-state index in [1.807, 2.05) is 0 Å². The van der Waals surface area contributed by atoms with E-state index in [0.29, 0.717) is 29.9 Å². The Morgan fingerprint density at radius 3 is 2.83 bits per heavy atom. The first-order valence-electron chi connectivity index (χ1n) is 7.62. The lowest BCUT2D eigenvalue weighted by atomic mass is 9.68. The van der Waals surface area contributed by atoms with Gasteiger partial charge in [-0.3, -0.25) is 0 Å². The molecule has 3 unspecified atom stereocenters. The maximum atomic E-state index is 9.01. The van der Waals surface area contributed by atoms with Crippen LogP contribution in [-0.2, 0) is 0 Å². The second-order valence-corrected chi connectivity index (χ2v) is 7.09. The molecule has 0 spiro atoms. The van der Waals surface area contributed by atoms with E-state index in [4.69, 9.17) is 10.8 Å². The van der Waals surface area contributed by atoms with Gasteiger partial charge in [-0.2, -0.15) is 0 Å². The van der Waals surface area contributed by atoms with Crippen molar-refractivity contribution < 1.29 is 5.11 Å². The summed E-state index contributed by atoms with van der Waals surface area (Å²) in [4.78, 5) is 2.58. The second-order valence-electron chi connectivity index (χ2n) is 7.09. The van der Waals surface area contributed by atoms with Crippen LogP contribution in [0.25, 0.3) is 0 Å². The SMILES string of the molecule is CC1(C)CCCC(CN2CCC(CCO)C2)C1N. The Kier molecular flexibility index (Phi) is 4.68. The van der Waals surface area contributed by atoms with E-state index in [2.05, 4.69) is 18.7 Å². The molecule has 1 saturated carbocycles. The molecule has 2 fully saturated rings. The third-order valence-corrected chi connectivity index (χ3v) is 5.21. The number of likely N-dealkylation sites (tertiary alicyclic amines) is 1. The summed E-state index contributed by atoms with van der Waals surface area (Å²) in [7, 11) is 0. The second kappa shape index (κ2) is 5.89. The van der Waals surface area contributed by atoms with Gasteiger partial charge in [0.2, 0.25) is 0 Å². The molecule has 2 rings (SSSR count). The Balaban J connectivity index is 1.83. The fourth-order valence-corrected chi connectivity index (χ4v) is 3.84. The molecular weight excluding hydrogens is 224 g/mol. The average molecular weight is 254 g/mol. The highest BCUT2D eigenvalue weighted by Gasteiger charge is 2.37. The molecule has 106 valence electrons. The van der Waals surface area contributed by atoms with Gasteiger partial charge in [-0.1, -0.05) is 20.3 Å². The molecule has 1 saturated heterocycles. The molecule has 2 aliphatic rings. The van der Waals surface area contributed by atoms with Crippen LogP contribution in [0.5, 0.6) is 0 Å². The Morgan fingerprint density at radius 1 is 1.33 bits per heavy atom. The lowest BCUT2D eigenvalue weighted by Gasteiger charge is -2.43. The van der Waals surface area contributed by atoms with Gasteiger partial charge in [0.15, 0.2) is 0 Å². The predicted octanol–water partition coefficient (Wildman–Crippen LogP) is 1.84. The van der Waals surface area contributed by atoms with E-state index in [0.717, 1.165) is 6.42 Å². The third kappa shape index (κ3) is 3.25. The van der Waals surface area contributed by atoms with Crippen LogP contribution in [0.1, 0.15) is 46.0 Å². The fraction of sp³-hybridized carbons (Fsp3) is 1.00. The maximum Gasteiger partial charge on any atom is 0.0434 e. The minimum Gasteiger partial charge on any atom is -0.396 e. The van der Waals surface area contributed by atoms with E-state index in [1.54, 1.807) is 0 Å². The summed E-state index contributed by atoms with van der Waals surface area (Å²) >= 11 is 0. The van der Waals surface area contributed by atoms with Crippen LogP contribution in [0.15, 0.2) is 0 Å². The zero-order valence-electron chi connectivity index (χ0n) is 12.1. The molecule has 1 aliphatic heterocycles. The monoisotopic (exact) mass is 254 g/mol. The van der Waals surface area contributed by atoms with Crippen LogP contribution in [0.3, 0.4) is 0 Å². The molecule has 3 nitrogen and oxygen atoms in total. The predicted molar refractivity (Wildman–Crippen MR) is 75.3 cm³/mol. The Hall–Kier alpha value is -0.120. The highest BCUT2D eigenvalue weighted by Crippen LogP contribution is 2.38. The highest BCUT2D eigenvalue weighted by molar-refractivity contribution is 4.93. The summed E-state index contributed by atoms with van der Waals surface area (Å²) < 4.78 is 0. The first kappa shape index (κ1) is 14.3. The van der Waals surface area contributed by atoms with Crippen molar-refractivity contribution in [2.75, 3.05) is 26.2 Å². The molecule has 0 aromatic carbocycles. The van der Waals surface area contributed by atoms with Crippen molar-refractivity contribution in [3.8, 4) is 0 Å². The van der Waals surface area contributed by atoms with Crippen molar-refractivity contribution in [3.63, 3.8) is 0 Å². The van der Waals surface area contributed by atoms with Gasteiger partial charge in [-0.25, -0.2) is 0 Å². The van der Waals surface area contributed by atoms with Gasteiger partial charge in [0.05, 0.1) is 0 Å². The van der Waals surface area contributed by atoms with Gasteiger partial charge in [0.1, 0.15) is 0 Å². The average Bonchev–Trinajstić information content (AvgIpc) is 2.73. The van der Waals surface area contributed by atoms with Gasteiger partial charge in [-0.05, 0) is 49.5 Å². The molecular formula is C15H30N2O. The van der Waals surface area contributed by atoms with Crippen LogP contribution in [0.4, 0.5) is 0 Å². The molecule has 0 bridgehead atoms. The van der Waals surface area contributed by atoms with E-state index in [-0.39, 0.29) is 0 Å². The molecule has 18 heavy (non-hydrogen) atoms. The maximum absolute atomic E-state index is 9.01. The van der Waals surface area contributed by atoms with Crippen molar-refractivity contribution >= 4 is 0 Å². The quantitative estimate of drug-likeness (QED) is 0.805. The van der Waals surface area contributed by atoms with E-state index in [9.17, 15) is 0 Å². The van der Waals surface area contributed by atoms with Gasteiger partial charge >= 0.3 is 0 Å². The zero-order valence-corrected chi connectivity index (χ0v) is 12.1. The van der Waals surface area contributed by atoms with E-state index >= 15 is 0 Å². The van der Waals surface area contributed by atoms with Gasteiger partial charge in [-0.15, -0.1) is 0 Å². The largest absolute Gasteiger partial charge is 0.396 e. The Labute approximate surface area is 112 Å². The molecule has 0 aromatic heterocycles. The summed E-state index contributed by atoms with van der Waals surface area (Å²) in [6.45, 7) is 8.53. The fourth-order valence-electron chi connectivity index (χ4n) is 3.84. The van der Waals surface area contributed by atoms with Crippen molar-refractivity contribution in [2.45, 2.75) is 52.0 Å². The summed E-state index contributed by atoms with van der Waals surface area (Å²) in [5.74, 6) is 1.38. The number of hydrogen-bond donors (Lipinski definition) is 2. The normalized spacial score (nSPS) is 37.0. The Bertz CT molecular complexity index is 267. The van der Waals surface area contributed by atoms with Crippen LogP contribution < -0.4 is 5.73 Å². The number of nitrogens with zero attached hydrogens (tertiary/aromatic N) is 1. The number of hydrogen-bond acceptors (Lipinski definition) is 3. The van der Waals surface area contributed by atoms with E-state index < -0.39 is 0 Å². The zero-order chi connectivity index (χ0) is 13.2. The van der Waals surface area contributed by atoms with Crippen LogP contribution in [0.2, 0.25) is 0 Å². The van der Waals surface area contributed by atoms with Crippen LogP contribution in [-0.4, -0.2) is 42.3 Å². The van der Waals surface area contributed by atoms with Crippen molar-refractivity contribution in [1.82, 2.24) is 4.90 Å². The van der Waals surface area contributed by atoms with Crippen LogP contribution >= 0.6 is 0 Å². The number of aliphatic hydroxyl groups excluding tert-OH is 1. The lowest BCUT2D eigenvalue weighted by Crippen LogP contribution is -2.50. The molecule has 1 heterocycles. The summed E-state index contributed by atoms with van der Waals surface area (Å²) in [5.41, 5.74) is 6.77. The minimum atomic E-state index is 0.313. The van der Waals surface area contributed by atoms with Crippen molar-refractivity contribution in [1.29, 1.82) is 0 Å². The topological polar surface area (TPSA) is 49.5 Å². The van der Waals surface area contributed by atoms with Crippen molar-refractivity contribution in [3.05, 3.63) is 0 Å². The molecule has 3 N–H and O–H groups in total. The number of aliphatic hydroxyl groups is 1. The van der Waals surface area contributed by atoms with Crippen molar-refractivity contribution in [2.24, 2.45) is 23.0 Å². The third-order valence-electron chi connectivity index (χ3n) is 5.21. The summed E-state index contributed by atoms with van der Waals surface area (Å²) in [6, 6.07) is 0.350. The Morgan fingerprint density at radius 2 is 2.11 bits per heavy atom. The van der Waals surface area contributed by atoms with Gasteiger partial charge < -0.3 is 15.7 Å². The standard InChI is InChI=1S/C15H30N2O/c1-15(2)7-3-4-13(14(15)16)11-17-8-5-12(10-17)6-9-18/h12-14,18H,3-11,16H2,1-2H3. The van der Waals surface area contributed by atoms with Gasteiger partial charge in [0.25, 0.3) is 0 Å². The van der Waals surface area contributed by atoms with E-state index in [1.165, 1.54) is 45.3 Å². The summed E-state index contributed by atoms with van der Waals surface area (Å²) in [5, 5.41) is 9.01. The highest BCUT2D eigenvalue weighted by atomic mass is 16.3. The lowest BCUT2D eigenvalue weighted by molar-refractivity contribution is 0.108. The molecule has 3 heteroatoms. The minimum absolute atomic E-state index is 0.313. The van der Waals surface area contributed by atoms with Crippen LogP contribution in [0, 0.1) is 17.3 Å². The molecule has 0 amide bonds. The molecule has 1 aliphatic carbocycles. The first-order valence-corrected chi connectivity index (χ1v) is 7.62. The molecule has 0 aromatic rings.